The number of piperidine rings is 1. The smallest absolute Gasteiger partial charge is 0.292 e. The highest BCUT2D eigenvalue weighted by Crippen LogP contribution is 2.50. The SMILES string of the molecule is COc1ccc(-c2ccc(-c3cnn4c(N)c(C5CC5)c(C5CC6CC[C@H](C5)N6C(=O)c5nnc[nH]5)nc34)cn2)cc1F. The summed E-state index contributed by atoms with van der Waals surface area (Å²) in [7, 11) is 1.44. The second kappa shape index (κ2) is 9.85. The third-order valence-electron chi connectivity index (χ3n) is 9.23. The van der Waals surface area contributed by atoms with E-state index in [0.29, 0.717) is 34.5 Å². The number of nitrogens with zero attached hydrogens (tertiary/aromatic N) is 7. The molecular formula is C31H30FN9O2. The number of nitrogen functional groups attached to an aromatic ring is 1. The normalized spacial score (nSPS) is 21.4. The lowest BCUT2D eigenvalue weighted by atomic mass is 9.85. The topological polar surface area (TPSA) is 140 Å². The van der Waals surface area contributed by atoms with Gasteiger partial charge in [-0.15, -0.1) is 10.2 Å². The largest absolute Gasteiger partial charge is 0.494 e. The summed E-state index contributed by atoms with van der Waals surface area (Å²) in [6.07, 6.45) is 10.7. The van der Waals surface area contributed by atoms with Gasteiger partial charge in [0, 0.05) is 46.5 Å². The zero-order chi connectivity index (χ0) is 29.2. The Morgan fingerprint density at radius 2 is 1.84 bits per heavy atom. The van der Waals surface area contributed by atoms with E-state index in [1.165, 1.54) is 19.5 Å². The molecular weight excluding hydrogens is 549 g/mol. The van der Waals surface area contributed by atoms with Crippen LogP contribution in [0, 0.1) is 5.82 Å². The zero-order valence-corrected chi connectivity index (χ0v) is 23.6. The molecule has 6 heterocycles. The first-order valence-corrected chi connectivity index (χ1v) is 14.7. The van der Waals surface area contributed by atoms with Crippen molar-refractivity contribution in [3.63, 3.8) is 0 Å². The molecule has 2 unspecified atom stereocenters. The van der Waals surface area contributed by atoms with E-state index in [1.54, 1.807) is 29.0 Å². The maximum atomic E-state index is 14.3. The minimum Gasteiger partial charge on any atom is -0.494 e. The fraction of sp³-hybridized carbons (Fsp3) is 0.355. The number of carbonyl (C=O) groups is 1. The van der Waals surface area contributed by atoms with Crippen LogP contribution in [-0.2, 0) is 0 Å². The Kier molecular flexibility index (Phi) is 5.92. The highest BCUT2D eigenvalue weighted by atomic mass is 19.1. The third-order valence-corrected chi connectivity index (χ3v) is 9.23. The van der Waals surface area contributed by atoms with Crippen molar-refractivity contribution in [2.45, 2.75) is 62.4 Å². The Labute approximate surface area is 246 Å². The van der Waals surface area contributed by atoms with Crippen LogP contribution in [0.4, 0.5) is 10.2 Å². The van der Waals surface area contributed by atoms with Gasteiger partial charge in [0.1, 0.15) is 12.1 Å². The number of ether oxygens (including phenoxy) is 1. The van der Waals surface area contributed by atoms with Gasteiger partial charge >= 0.3 is 0 Å². The number of carbonyl (C=O) groups excluding carboxylic acids is 1. The molecule has 1 aliphatic carbocycles. The minimum atomic E-state index is -0.436. The number of aromatic nitrogens is 7. The molecule has 0 radical (unpaired) electrons. The van der Waals surface area contributed by atoms with Gasteiger partial charge in [-0.05, 0) is 68.7 Å². The van der Waals surface area contributed by atoms with Crippen molar-refractivity contribution in [1.29, 1.82) is 0 Å². The molecule has 1 amide bonds. The number of H-pyrrole nitrogens is 1. The number of anilines is 1. The summed E-state index contributed by atoms with van der Waals surface area (Å²) in [6, 6.07) is 8.85. The molecule has 0 spiro atoms. The van der Waals surface area contributed by atoms with Crippen LogP contribution in [0.1, 0.15) is 72.2 Å². The van der Waals surface area contributed by atoms with Crippen molar-refractivity contribution in [3.05, 3.63) is 72.0 Å². The first-order valence-electron chi connectivity index (χ1n) is 14.7. The van der Waals surface area contributed by atoms with Gasteiger partial charge in [0.15, 0.2) is 17.2 Å². The summed E-state index contributed by atoms with van der Waals surface area (Å²) < 4.78 is 21.1. The van der Waals surface area contributed by atoms with Crippen LogP contribution in [0.5, 0.6) is 5.75 Å². The van der Waals surface area contributed by atoms with Crippen molar-refractivity contribution in [2.75, 3.05) is 12.8 Å². The van der Waals surface area contributed by atoms with Crippen molar-refractivity contribution in [3.8, 4) is 28.1 Å². The van der Waals surface area contributed by atoms with Crippen LogP contribution < -0.4 is 10.5 Å². The van der Waals surface area contributed by atoms with E-state index in [2.05, 4.69) is 25.3 Å². The van der Waals surface area contributed by atoms with E-state index in [-0.39, 0.29) is 29.7 Å². The van der Waals surface area contributed by atoms with E-state index in [1.807, 2.05) is 17.0 Å². The quantitative estimate of drug-likeness (QED) is 0.294. The highest BCUT2D eigenvalue weighted by molar-refractivity contribution is 5.91. The molecule has 2 saturated heterocycles. The van der Waals surface area contributed by atoms with Crippen molar-refractivity contribution < 1.29 is 13.9 Å². The number of halogens is 1. The lowest BCUT2D eigenvalue weighted by Gasteiger charge is -2.39. The fourth-order valence-corrected chi connectivity index (χ4v) is 7.06. The van der Waals surface area contributed by atoms with Gasteiger partial charge in [-0.2, -0.15) is 9.61 Å². The molecule has 2 bridgehead atoms. The molecule has 3 aliphatic rings. The summed E-state index contributed by atoms with van der Waals surface area (Å²) >= 11 is 0. The second-order valence-electron chi connectivity index (χ2n) is 11.7. The van der Waals surface area contributed by atoms with E-state index < -0.39 is 5.82 Å². The number of pyridine rings is 1. The third kappa shape index (κ3) is 4.23. The summed E-state index contributed by atoms with van der Waals surface area (Å²) in [5.74, 6) is 1.17. The number of fused-ring (bicyclic) bond motifs is 3. The van der Waals surface area contributed by atoms with Gasteiger partial charge in [-0.3, -0.25) is 9.78 Å². The van der Waals surface area contributed by atoms with E-state index in [0.717, 1.165) is 60.9 Å². The predicted molar refractivity (Wildman–Crippen MR) is 156 cm³/mol. The van der Waals surface area contributed by atoms with Gasteiger partial charge in [0.2, 0.25) is 5.82 Å². The van der Waals surface area contributed by atoms with Gasteiger partial charge in [-0.25, -0.2) is 9.37 Å². The predicted octanol–water partition coefficient (Wildman–Crippen LogP) is 4.73. The molecule has 43 heavy (non-hydrogen) atoms. The van der Waals surface area contributed by atoms with Gasteiger partial charge in [-0.1, -0.05) is 6.07 Å². The lowest BCUT2D eigenvalue weighted by Crippen LogP contribution is -2.46. The monoisotopic (exact) mass is 579 g/mol. The van der Waals surface area contributed by atoms with E-state index in [4.69, 9.17) is 15.5 Å². The number of rotatable bonds is 6. The molecule has 11 nitrogen and oxygen atoms in total. The average molecular weight is 580 g/mol. The van der Waals surface area contributed by atoms with Gasteiger partial charge in [0.05, 0.1) is 24.7 Å². The fourth-order valence-electron chi connectivity index (χ4n) is 7.06. The molecule has 1 aromatic carbocycles. The maximum Gasteiger partial charge on any atom is 0.292 e. The molecule has 12 heteroatoms. The zero-order valence-electron chi connectivity index (χ0n) is 23.6. The molecule has 5 aromatic rings. The number of amides is 1. The molecule has 3 N–H and O–H groups in total. The molecule has 2 aliphatic heterocycles. The maximum absolute atomic E-state index is 14.3. The van der Waals surface area contributed by atoms with Crippen LogP contribution >= 0.6 is 0 Å². The molecule has 8 rings (SSSR count). The van der Waals surface area contributed by atoms with Crippen LogP contribution in [-0.4, -0.2) is 64.8 Å². The number of aromatic amines is 1. The Hall–Kier alpha value is -4.87. The van der Waals surface area contributed by atoms with Crippen LogP contribution in [0.3, 0.4) is 0 Å². The summed E-state index contributed by atoms with van der Waals surface area (Å²) in [5.41, 5.74) is 12.7. The van der Waals surface area contributed by atoms with Gasteiger partial charge < -0.3 is 20.4 Å². The number of nitrogens with one attached hydrogen (secondary N) is 1. The van der Waals surface area contributed by atoms with Crippen LogP contribution in [0.15, 0.2) is 49.1 Å². The molecule has 3 atom stereocenters. The number of hydrogen-bond donors (Lipinski definition) is 2. The Morgan fingerprint density at radius 3 is 2.49 bits per heavy atom. The molecule has 218 valence electrons. The van der Waals surface area contributed by atoms with E-state index in [9.17, 15) is 9.18 Å². The first-order chi connectivity index (χ1) is 21.0. The van der Waals surface area contributed by atoms with Crippen molar-refractivity contribution >= 4 is 17.4 Å². The number of nitrogens with two attached hydrogens (primary N) is 1. The average Bonchev–Trinajstić information content (AvgIpc) is 3.41. The standard InChI is InChI=1S/C31H30FN9O2/c1-43-25-9-5-17(12-23(25)32)24-8-4-18(13-34-24)22-14-37-41-28(33)26(16-2-3-16)27(38-30(22)41)19-10-20-6-7-21(11-19)40(20)31(42)29-35-15-36-39-29/h4-5,8-9,12-16,19-21H,2-3,6-7,10-11,33H2,1H3,(H,35,36,39)/t19?,20-,21?/m1/s1. The van der Waals surface area contributed by atoms with Crippen LogP contribution in [0.25, 0.3) is 28.0 Å². The Balaban J connectivity index is 1.14. The summed E-state index contributed by atoms with van der Waals surface area (Å²) in [5, 5.41) is 12.4. The number of benzene rings is 1. The minimum absolute atomic E-state index is 0.0832. The first kappa shape index (κ1) is 25.8. The number of methoxy groups -OCH3 is 1. The molecule has 3 fully saturated rings. The van der Waals surface area contributed by atoms with Crippen molar-refractivity contribution in [1.82, 2.24) is 39.7 Å². The lowest BCUT2D eigenvalue weighted by molar-refractivity contribution is 0.0557. The number of hydrogen-bond acceptors (Lipinski definition) is 8. The second-order valence-corrected chi connectivity index (χ2v) is 11.7. The Morgan fingerprint density at radius 1 is 1.05 bits per heavy atom. The summed E-state index contributed by atoms with van der Waals surface area (Å²) in [4.78, 5) is 28.0. The van der Waals surface area contributed by atoms with Gasteiger partial charge in [0.25, 0.3) is 5.91 Å². The van der Waals surface area contributed by atoms with Crippen molar-refractivity contribution in [2.24, 2.45) is 0 Å². The van der Waals surface area contributed by atoms with Crippen LogP contribution in [0.2, 0.25) is 0 Å². The molecule has 1 saturated carbocycles. The molecule has 4 aromatic heterocycles. The Bertz CT molecular complexity index is 1840. The highest BCUT2D eigenvalue weighted by Gasteiger charge is 2.46. The summed E-state index contributed by atoms with van der Waals surface area (Å²) in [6.45, 7) is 0. The van der Waals surface area contributed by atoms with E-state index >= 15 is 0 Å².